The number of pyridine rings is 1. The fraction of sp³-hybridized carbons (Fsp3) is 0. The summed E-state index contributed by atoms with van der Waals surface area (Å²) in [5.41, 5.74) is 0. The van der Waals surface area contributed by atoms with Crippen LogP contribution in [0.15, 0.2) is 17.4 Å². The lowest BCUT2D eigenvalue weighted by Gasteiger charge is -1.95. The van der Waals surface area contributed by atoms with Crippen LogP contribution in [0.3, 0.4) is 0 Å². The van der Waals surface area contributed by atoms with E-state index in [1.54, 1.807) is 12.3 Å². The number of halogens is 1. The van der Waals surface area contributed by atoms with Gasteiger partial charge in [0, 0.05) is 11.6 Å². The fourth-order valence-electron chi connectivity index (χ4n) is 1.54. The lowest BCUT2D eigenvalue weighted by molar-refractivity contribution is 0.454. The maximum Gasteiger partial charge on any atom is 0.224 e. The van der Waals surface area contributed by atoms with Gasteiger partial charge >= 0.3 is 0 Å². The molecular weight excluding hydrogens is 266 g/mol. The molecule has 0 spiro atoms. The van der Waals surface area contributed by atoms with Gasteiger partial charge in [-0.25, -0.2) is 9.97 Å². The third-order valence-corrected chi connectivity index (χ3v) is 3.88. The second kappa shape index (κ2) is 3.44. The van der Waals surface area contributed by atoms with Gasteiger partial charge in [-0.15, -0.1) is 24.0 Å². The van der Waals surface area contributed by atoms with Crippen LogP contribution in [0.25, 0.3) is 20.3 Å². The molecule has 16 heavy (non-hydrogen) atoms. The summed E-state index contributed by atoms with van der Waals surface area (Å²) < 4.78 is 0.794. The molecule has 0 aliphatic rings. The predicted octanol–water partition coefficient (Wildman–Crippen LogP) is 2.89. The summed E-state index contributed by atoms with van der Waals surface area (Å²) in [4.78, 5) is 12.6. The summed E-state index contributed by atoms with van der Waals surface area (Å²) in [6, 6.07) is 1.78. The molecule has 3 aromatic heterocycles. The fourth-order valence-corrected chi connectivity index (χ4v) is 3.12. The summed E-state index contributed by atoms with van der Waals surface area (Å²) in [5, 5.41) is 11.8. The maximum absolute atomic E-state index is 9.77. The molecule has 0 fully saturated rings. The van der Waals surface area contributed by atoms with Crippen molar-refractivity contribution < 1.29 is 5.11 Å². The summed E-state index contributed by atoms with van der Waals surface area (Å²) >= 11 is 11.3. The minimum Gasteiger partial charge on any atom is -0.493 e. The molecule has 0 radical (unpaired) electrons. The third kappa shape index (κ3) is 1.34. The molecule has 80 valence electrons. The number of nitrogens with zero attached hydrogens (tertiary/aromatic N) is 3. The zero-order chi connectivity index (χ0) is 11.3. The first kappa shape index (κ1) is 10.1. The minimum absolute atomic E-state index is 0.0801. The van der Waals surface area contributed by atoms with Crippen LogP contribution >= 0.6 is 35.6 Å². The van der Waals surface area contributed by atoms with E-state index in [1.807, 2.05) is 0 Å². The van der Waals surface area contributed by atoms with E-state index in [0.29, 0.717) is 15.4 Å². The van der Waals surface area contributed by atoms with Crippen molar-refractivity contribution in [3.05, 3.63) is 17.4 Å². The third-order valence-electron chi connectivity index (χ3n) is 2.17. The topological polar surface area (TPSA) is 58.9 Å². The molecule has 0 aromatic carbocycles. The van der Waals surface area contributed by atoms with E-state index in [0.717, 1.165) is 10.1 Å². The largest absolute Gasteiger partial charge is 0.493 e. The van der Waals surface area contributed by atoms with Gasteiger partial charge in [-0.3, -0.25) is 0 Å². The number of hydrogen-bond donors (Lipinski definition) is 2. The normalized spacial score (nSPS) is 11.4. The lowest BCUT2D eigenvalue weighted by atomic mass is 10.2. The number of aromatic nitrogens is 3. The standard InChI is InChI=1S/C9H4ClN3OS2/c10-6-5-3(1-2-11-6)4-7(14)12-9(15)13-8(4)16-5/h1-2H,(H2,12,13,14,15). The number of aromatic hydroxyl groups is 1. The van der Waals surface area contributed by atoms with Crippen molar-refractivity contribution in [3.8, 4) is 5.88 Å². The molecule has 0 aliphatic carbocycles. The average molecular weight is 270 g/mol. The molecule has 0 amide bonds. The van der Waals surface area contributed by atoms with Gasteiger partial charge < -0.3 is 5.11 Å². The second-order valence-electron chi connectivity index (χ2n) is 3.11. The number of thiophene rings is 1. The molecule has 0 saturated heterocycles. The van der Waals surface area contributed by atoms with Gasteiger partial charge in [0.15, 0.2) is 5.16 Å². The summed E-state index contributed by atoms with van der Waals surface area (Å²) in [7, 11) is 0. The zero-order valence-electron chi connectivity index (χ0n) is 7.68. The van der Waals surface area contributed by atoms with E-state index in [1.165, 1.54) is 11.3 Å². The Kier molecular flexibility index (Phi) is 2.17. The van der Waals surface area contributed by atoms with Crippen LogP contribution in [0, 0.1) is 0 Å². The molecule has 0 bridgehead atoms. The number of hydrogen-bond acceptors (Lipinski definition) is 6. The number of rotatable bonds is 0. The van der Waals surface area contributed by atoms with Crippen LogP contribution in [0.4, 0.5) is 0 Å². The Bertz CT molecular complexity index is 713. The minimum atomic E-state index is -0.0801. The summed E-state index contributed by atoms with van der Waals surface area (Å²) in [6.45, 7) is 0. The quantitative estimate of drug-likeness (QED) is 0.374. The van der Waals surface area contributed by atoms with Crippen LogP contribution in [0.2, 0.25) is 5.15 Å². The van der Waals surface area contributed by atoms with E-state index in [2.05, 4.69) is 27.6 Å². The first-order valence-corrected chi connectivity index (χ1v) is 5.93. The number of fused-ring (bicyclic) bond motifs is 3. The van der Waals surface area contributed by atoms with Crippen LogP contribution in [-0.4, -0.2) is 20.1 Å². The first-order chi connectivity index (χ1) is 7.66. The van der Waals surface area contributed by atoms with Crippen molar-refractivity contribution in [2.45, 2.75) is 5.16 Å². The molecule has 1 N–H and O–H groups in total. The second-order valence-corrected chi connectivity index (χ2v) is 4.86. The summed E-state index contributed by atoms with van der Waals surface area (Å²) in [5.74, 6) is -0.0801. The van der Waals surface area contributed by atoms with Crippen molar-refractivity contribution in [1.82, 2.24) is 15.0 Å². The van der Waals surface area contributed by atoms with E-state index >= 15 is 0 Å². The van der Waals surface area contributed by atoms with Crippen molar-refractivity contribution in [1.29, 1.82) is 0 Å². The Morgan fingerprint density at radius 2 is 2.19 bits per heavy atom. The van der Waals surface area contributed by atoms with Crippen molar-refractivity contribution in [2.24, 2.45) is 0 Å². The number of thiol groups is 1. The van der Waals surface area contributed by atoms with Crippen LogP contribution in [0.5, 0.6) is 5.88 Å². The molecule has 3 rings (SSSR count). The molecule has 3 heterocycles. The van der Waals surface area contributed by atoms with Gasteiger partial charge in [0.05, 0.1) is 10.1 Å². The van der Waals surface area contributed by atoms with Crippen molar-refractivity contribution in [2.75, 3.05) is 0 Å². The highest BCUT2D eigenvalue weighted by Gasteiger charge is 2.14. The average Bonchev–Trinajstić information content (AvgIpc) is 2.57. The van der Waals surface area contributed by atoms with Crippen LogP contribution < -0.4 is 0 Å². The van der Waals surface area contributed by atoms with E-state index in [9.17, 15) is 5.11 Å². The van der Waals surface area contributed by atoms with Crippen LogP contribution in [0.1, 0.15) is 0 Å². The van der Waals surface area contributed by atoms with E-state index in [4.69, 9.17) is 11.6 Å². The van der Waals surface area contributed by atoms with Gasteiger partial charge in [0.25, 0.3) is 0 Å². The predicted molar refractivity (Wildman–Crippen MR) is 66.6 cm³/mol. The van der Waals surface area contributed by atoms with E-state index < -0.39 is 0 Å². The molecule has 3 aromatic rings. The van der Waals surface area contributed by atoms with E-state index in [-0.39, 0.29) is 11.0 Å². The van der Waals surface area contributed by atoms with Crippen molar-refractivity contribution in [3.63, 3.8) is 0 Å². The summed E-state index contributed by atoms with van der Waals surface area (Å²) in [6.07, 6.45) is 1.59. The SMILES string of the molecule is Oc1nc(S)nc2sc3c(Cl)nccc3c12. The van der Waals surface area contributed by atoms with Gasteiger partial charge in [0.1, 0.15) is 9.98 Å². The first-order valence-electron chi connectivity index (χ1n) is 4.29. The molecule has 4 nitrogen and oxygen atoms in total. The molecule has 0 unspecified atom stereocenters. The Morgan fingerprint density at radius 1 is 1.38 bits per heavy atom. The molecule has 0 saturated carbocycles. The Hall–Kier alpha value is -1.11. The van der Waals surface area contributed by atoms with Gasteiger partial charge in [-0.1, -0.05) is 11.6 Å². The van der Waals surface area contributed by atoms with Crippen molar-refractivity contribution >= 4 is 55.9 Å². The Labute approximate surface area is 104 Å². The van der Waals surface area contributed by atoms with Gasteiger partial charge in [-0.2, -0.15) is 4.98 Å². The van der Waals surface area contributed by atoms with Gasteiger partial charge in [0.2, 0.25) is 5.88 Å². The lowest BCUT2D eigenvalue weighted by Crippen LogP contribution is -1.83. The molecule has 0 aliphatic heterocycles. The molecule has 7 heteroatoms. The smallest absolute Gasteiger partial charge is 0.224 e. The highest BCUT2D eigenvalue weighted by atomic mass is 35.5. The highest BCUT2D eigenvalue weighted by Crippen LogP contribution is 2.39. The molecule has 0 atom stereocenters. The van der Waals surface area contributed by atoms with Gasteiger partial charge in [-0.05, 0) is 6.07 Å². The van der Waals surface area contributed by atoms with Crippen LogP contribution in [-0.2, 0) is 0 Å². The Balaban J connectivity index is 2.61. The highest BCUT2D eigenvalue weighted by molar-refractivity contribution is 7.80. The monoisotopic (exact) mass is 269 g/mol. The Morgan fingerprint density at radius 3 is 3.00 bits per heavy atom. The molecular formula is C9H4ClN3OS2. The zero-order valence-corrected chi connectivity index (χ0v) is 10.1. The maximum atomic E-state index is 9.77.